The number of aliphatic imine (C=N–C) groups is 1. The Hall–Kier alpha value is -1.82. The van der Waals surface area contributed by atoms with Crippen molar-refractivity contribution < 1.29 is 0 Å². The molecule has 6 heteroatoms. The van der Waals surface area contributed by atoms with Crippen molar-refractivity contribution in [1.82, 2.24) is 4.90 Å². The van der Waals surface area contributed by atoms with E-state index in [-0.39, 0.29) is 0 Å². The summed E-state index contributed by atoms with van der Waals surface area (Å²) in [6.07, 6.45) is 5.35. The molecule has 1 rings (SSSR count). The highest BCUT2D eigenvalue weighted by Crippen LogP contribution is 2.11. The Balaban J connectivity index is 2.71. The van der Waals surface area contributed by atoms with Crippen molar-refractivity contribution in [2.75, 3.05) is 39.3 Å². The van der Waals surface area contributed by atoms with Crippen LogP contribution in [-0.4, -0.2) is 57.1 Å². The third-order valence-corrected chi connectivity index (χ3v) is 2.89. The monoisotopic (exact) mass is 291 g/mol. The number of nitrogens with zero attached hydrogens (tertiary/aromatic N) is 5. The van der Waals surface area contributed by atoms with Gasteiger partial charge < -0.3 is 9.80 Å². The van der Waals surface area contributed by atoms with E-state index in [1.54, 1.807) is 12.6 Å². The second-order valence-corrected chi connectivity index (χ2v) is 5.30. The molecule has 0 aliphatic carbocycles. The van der Waals surface area contributed by atoms with Gasteiger partial charge in [-0.25, -0.2) is 4.99 Å². The van der Waals surface area contributed by atoms with Crippen LogP contribution in [0.5, 0.6) is 0 Å². The molecule has 0 fully saturated rings. The molecule has 0 saturated carbocycles. The molecule has 0 bridgehead atoms. The van der Waals surface area contributed by atoms with Crippen LogP contribution in [0.25, 0.3) is 0 Å². The number of thioether (sulfide) groups is 1. The molecule has 0 atom stereocenters. The van der Waals surface area contributed by atoms with Crippen molar-refractivity contribution in [2.45, 2.75) is 0 Å². The summed E-state index contributed by atoms with van der Waals surface area (Å²) in [5, 5.41) is 8.77. The molecule has 0 amide bonds. The average Bonchev–Trinajstić information content (AvgIpc) is 2.42. The smallest absolute Gasteiger partial charge is 0.210 e. The second-order valence-electron chi connectivity index (χ2n) is 4.53. The van der Waals surface area contributed by atoms with Gasteiger partial charge in [0.15, 0.2) is 0 Å². The van der Waals surface area contributed by atoms with E-state index in [4.69, 9.17) is 0 Å². The third-order valence-electron chi connectivity index (χ3n) is 2.34. The minimum Gasteiger partial charge on any atom is -0.378 e. The summed E-state index contributed by atoms with van der Waals surface area (Å²) in [5.74, 6) is 0. The summed E-state index contributed by atoms with van der Waals surface area (Å²) < 4.78 is 0. The zero-order chi connectivity index (χ0) is 15.0. The van der Waals surface area contributed by atoms with Gasteiger partial charge in [-0.1, -0.05) is 23.9 Å². The predicted octanol–water partition coefficient (Wildman–Crippen LogP) is 2.40. The second kappa shape index (κ2) is 8.37. The molecule has 0 heterocycles. The highest BCUT2D eigenvalue weighted by Gasteiger charge is 1.94. The molecule has 0 saturated heterocycles. The average molecular weight is 291 g/mol. The molecule has 1 aromatic carbocycles. The van der Waals surface area contributed by atoms with Gasteiger partial charge in [-0.15, -0.1) is 5.10 Å². The molecular formula is C14H21N5S. The Morgan fingerprint density at radius 1 is 1.10 bits per heavy atom. The summed E-state index contributed by atoms with van der Waals surface area (Å²) in [4.78, 5) is 8.12. The lowest BCUT2D eigenvalue weighted by molar-refractivity contribution is 0.644. The quantitative estimate of drug-likeness (QED) is 0.486. The van der Waals surface area contributed by atoms with E-state index in [0.29, 0.717) is 5.17 Å². The van der Waals surface area contributed by atoms with Gasteiger partial charge in [0, 0.05) is 33.9 Å². The van der Waals surface area contributed by atoms with Gasteiger partial charge in [-0.05, 0) is 24.0 Å². The molecule has 0 aliphatic heterocycles. The van der Waals surface area contributed by atoms with Crippen LogP contribution < -0.4 is 4.90 Å². The van der Waals surface area contributed by atoms with E-state index in [0.717, 1.165) is 11.3 Å². The third kappa shape index (κ3) is 5.88. The fourth-order valence-corrected chi connectivity index (χ4v) is 1.57. The first-order valence-corrected chi connectivity index (χ1v) is 7.38. The van der Waals surface area contributed by atoms with E-state index in [1.165, 1.54) is 11.8 Å². The Morgan fingerprint density at radius 3 is 2.25 bits per heavy atom. The number of amidine groups is 1. The molecule has 0 aliphatic rings. The van der Waals surface area contributed by atoms with Crippen molar-refractivity contribution in [3.05, 3.63) is 29.8 Å². The zero-order valence-electron chi connectivity index (χ0n) is 12.6. The minimum atomic E-state index is 0.625. The van der Waals surface area contributed by atoms with Crippen molar-refractivity contribution in [3.8, 4) is 0 Å². The number of hydrogen-bond acceptors (Lipinski definition) is 4. The fraction of sp³-hybridized carbons (Fsp3) is 0.357. The molecular weight excluding hydrogens is 270 g/mol. The summed E-state index contributed by atoms with van der Waals surface area (Å²) in [6, 6.07) is 8.11. The van der Waals surface area contributed by atoms with Crippen molar-refractivity contribution >= 4 is 35.2 Å². The maximum Gasteiger partial charge on any atom is 0.210 e. The number of hydrogen-bond donors (Lipinski definition) is 0. The fourth-order valence-electron chi connectivity index (χ4n) is 1.29. The van der Waals surface area contributed by atoms with Crippen LogP contribution in [0.1, 0.15) is 5.56 Å². The van der Waals surface area contributed by atoms with Crippen LogP contribution in [0, 0.1) is 0 Å². The van der Waals surface area contributed by atoms with Crippen LogP contribution in [0.3, 0.4) is 0 Å². The Morgan fingerprint density at radius 2 is 1.75 bits per heavy atom. The zero-order valence-corrected chi connectivity index (χ0v) is 13.4. The maximum absolute atomic E-state index is 4.20. The van der Waals surface area contributed by atoms with E-state index in [2.05, 4.69) is 20.1 Å². The van der Waals surface area contributed by atoms with Gasteiger partial charge in [0.05, 0.1) is 12.6 Å². The maximum atomic E-state index is 4.20. The van der Waals surface area contributed by atoms with Gasteiger partial charge in [0.25, 0.3) is 0 Å². The van der Waals surface area contributed by atoms with Gasteiger partial charge in [-0.2, -0.15) is 5.10 Å². The first-order chi connectivity index (χ1) is 9.52. The van der Waals surface area contributed by atoms with Gasteiger partial charge in [-0.3, -0.25) is 0 Å². The Kier molecular flexibility index (Phi) is 6.79. The number of benzene rings is 1. The van der Waals surface area contributed by atoms with Gasteiger partial charge in [0.1, 0.15) is 0 Å². The molecule has 1 aromatic rings. The largest absolute Gasteiger partial charge is 0.378 e. The van der Waals surface area contributed by atoms with Crippen LogP contribution >= 0.6 is 11.8 Å². The minimum absolute atomic E-state index is 0.625. The molecule has 5 nitrogen and oxygen atoms in total. The SMILES string of the molecule is CSC(=N\N=C\c1ccc(N(C)C)cc1)/N=C/N(C)C. The highest BCUT2D eigenvalue weighted by molar-refractivity contribution is 8.13. The number of rotatable bonds is 4. The van der Waals surface area contributed by atoms with E-state index in [9.17, 15) is 0 Å². The van der Waals surface area contributed by atoms with Gasteiger partial charge >= 0.3 is 0 Å². The first kappa shape index (κ1) is 16.2. The topological polar surface area (TPSA) is 43.6 Å². The summed E-state index contributed by atoms with van der Waals surface area (Å²) in [6.45, 7) is 0. The molecule has 0 radical (unpaired) electrons. The van der Waals surface area contributed by atoms with Crippen molar-refractivity contribution in [3.63, 3.8) is 0 Å². The lowest BCUT2D eigenvalue weighted by Gasteiger charge is -2.11. The molecule has 0 unspecified atom stereocenters. The number of anilines is 1. The Labute approximate surface area is 125 Å². The van der Waals surface area contributed by atoms with Crippen LogP contribution in [0.2, 0.25) is 0 Å². The molecule has 20 heavy (non-hydrogen) atoms. The van der Waals surface area contributed by atoms with Crippen molar-refractivity contribution in [1.29, 1.82) is 0 Å². The summed E-state index contributed by atoms with van der Waals surface area (Å²) in [5.41, 5.74) is 2.17. The summed E-state index contributed by atoms with van der Waals surface area (Å²) in [7, 11) is 7.86. The standard InChI is InChI=1S/C14H21N5S/c1-18(2)11-15-14(20-5)17-16-10-12-6-8-13(9-7-12)19(3)4/h6-11H,1-5H3/b15-11+,16-10+,17-14-. The van der Waals surface area contributed by atoms with E-state index in [1.807, 2.05) is 63.6 Å². The lowest BCUT2D eigenvalue weighted by atomic mass is 10.2. The van der Waals surface area contributed by atoms with Crippen molar-refractivity contribution in [2.24, 2.45) is 15.2 Å². The predicted molar refractivity (Wildman–Crippen MR) is 91.5 cm³/mol. The van der Waals surface area contributed by atoms with Crippen LogP contribution in [0.4, 0.5) is 5.69 Å². The normalized spacial score (nSPS) is 12.3. The van der Waals surface area contributed by atoms with E-state index >= 15 is 0 Å². The van der Waals surface area contributed by atoms with Crippen LogP contribution in [0.15, 0.2) is 39.5 Å². The van der Waals surface area contributed by atoms with Gasteiger partial charge in [0.2, 0.25) is 5.17 Å². The molecule has 0 spiro atoms. The first-order valence-electron chi connectivity index (χ1n) is 6.16. The van der Waals surface area contributed by atoms with E-state index < -0.39 is 0 Å². The summed E-state index contributed by atoms with van der Waals surface area (Å²) >= 11 is 1.46. The van der Waals surface area contributed by atoms with Crippen LogP contribution in [-0.2, 0) is 0 Å². The molecule has 108 valence electrons. The molecule has 0 N–H and O–H groups in total. The Bertz CT molecular complexity index is 489. The highest BCUT2D eigenvalue weighted by atomic mass is 32.2. The lowest BCUT2D eigenvalue weighted by Crippen LogP contribution is -2.08. The molecule has 0 aromatic heterocycles.